The largest absolute Gasteiger partial charge is 0.477 e. The second kappa shape index (κ2) is 7.92. The molecular formula is C20H22N2O3. The fraction of sp³-hybridized carbons (Fsp3) is 0.350. The Morgan fingerprint density at radius 3 is 2.48 bits per heavy atom. The summed E-state index contributed by atoms with van der Waals surface area (Å²) in [6, 6.07) is 13.1. The van der Waals surface area contributed by atoms with Gasteiger partial charge >= 0.3 is 5.97 Å². The van der Waals surface area contributed by atoms with Gasteiger partial charge in [-0.15, -0.1) is 0 Å². The molecule has 1 amide bonds. The molecule has 1 aliphatic rings. The van der Waals surface area contributed by atoms with E-state index in [2.05, 4.69) is 4.98 Å². The zero-order chi connectivity index (χ0) is 17.6. The molecule has 0 unspecified atom stereocenters. The molecular weight excluding hydrogens is 316 g/mol. The first kappa shape index (κ1) is 17.1. The van der Waals surface area contributed by atoms with Crippen LogP contribution in [-0.2, 0) is 6.54 Å². The quantitative estimate of drug-likeness (QED) is 0.901. The van der Waals surface area contributed by atoms with E-state index >= 15 is 0 Å². The van der Waals surface area contributed by atoms with E-state index in [1.54, 1.807) is 6.07 Å². The minimum Gasteiger partial charge on any atom is -0.477 e. The van der Waals surface area contributed by atoms with Crippen molar-refractivity contribution in [2.24, 2.45) is 0 Å². The molecule has 0 radical (unpaired) electrons. The lowest BCUT2D eigenvalue weighted by Crippen LogP contribution is -2.41. The molecule has 0 spiro atoms. The third-order valence-electron chi connectivity index (χ3n) is 4.70. The van der Waals surface area contributed by atoms with Gasteiger partial charge < -0.3 is 10.0 Å². The number of hydrogen-bond donors (Lipinski definition) is 1. The molecule has 1 saturated carbocycles. The third kappa shape index (κ3) is 4.24. The molecule has 5 nitrogen and oxygen atoms in total. The lowest BCUT2D eigenvalue weighted by Gasteiger charge is -2.34. The number of carboxylic acid groups (broad SMARTS) is 1. The van der Waals surface area contributed by atoms with Gasteiger partial charge in [0, 0.05) is 24.3 Å². The number of carbonyl (C=O) groups is 2. The Morgan fingerprint density at radius 1 is 1.08 bits per heavy atom. The maximum Gasteiger partial charge on any atom is 0.354 e. The van der Waals surface area contributed by atoms with Gasteiger partial charge in [0.05, 0.1) is 0 Å². The number of rotatable bonds is 5. The Morgan fingerprint density at radius 2 is 1.80 bits per heavy atom. The van der Waals surface area contributed by atoms with Crippen molar-refractivity contribution < 1.29 is 14.7 Å². The molecule has 2 aromatic rings. The number of nitrogens with zero attached hydrogens (tertiary/aromatic N) is 2. The van der Waals surface area contributed by atoms with Crippen LogP contribution in [0.5, 0.6) is 0 Å². The summed E-state index contributed by atoms with van der Waals surface area (Å²) in [6.45, 7) is 0.537. The van der Waals surface area contributed by atoms with Gasteiger partial charge in [0.1, 0.15) is 5.69 Å². The van der Waals surface area contributed by atoms with Gasteiger partial charge in [0.25, 0.3) is 5.91 Å². The Hall–Kier alpha value is -2.69. The SMILES string of the molecule is O=C(O)c1cc(C(=O)N(Cc2ccccc2)C2CCCCC2)ccn1. The zero-order valence-electron chi connectivity index (χ0n) is 14.1. The van der Waals surface area contributed by atoms with Crippen LogP contribution < -0.4 is 0 Å². The van der Waals surface area contributed by atoms with Crippen molar-refractivity contribution in [3.8, 4) is 0 Å². The first-order chi connectivity index (χ1) is 12.1. The number of amides is 1. The molecule has 1 fully saturated rings. The molecule has 0 aliphatic heterocycles. The first-order valence-electron chi connectivity index (χ1n) is 8.69. The molecule has 0 bridgehead atoms. The lowest BCUT2D eigenvalue weighted by atomic mass is 9.93. The predicted octanol–water partition coefficient (Wildman–Crippen LogP) is 3.75. The molecule has 1 N–H and O–H groups in total. The van der Waals surface area contributed by atoms with Crippen molar-refractivity contribution in [1.82, 2.24) is 9.88 Å². The molecule has 3 rings (SSSR count). The maximum atomic E-state index is 13.1. The van der Waals surface area contributed by atoms with Crippen LogP contribution in [0.1, 0.15) is 58.5 Å². The second-order valence-electron chi connectivity index (χ2n) is 6.45. The van der Waals surface area contributed by atoms with Crippen LogP contribution in [0.2, 0.25) is 0 Å². The number of pyridine rings is 1. The van der Waals surface area contributed by atoms with Gasteiger partial charge in [0.2, 0.25) is 0 Å². The first-order valence-corrected chi connectivity index (χ1v) is 8.69. The van der Waals surface area contributed by atoms with Crippen molar-refractivity contribution in [3.63, 3.8) is 0 Å². The van der Waals surface area contributed by atoms with E-state index in [9.17, 15) is 9.59 Å². The molecule has 5 heteroatoms. The van der Waals surface area contributed by atoms with Gasteiger partial charge in [-0.2, -0.15) is 0 Å². The van der Waals surface area contributed by atoms with Crippen LogP contribution in [0.15, 0.2) is 48.7 Å². The number of hydrogen-bond acceptors (Lipinski definition) is 3. The van der Waals surface area contributed by atoms with Gasteiger partial charge in [-0.3, -0.25) is 4.79 Å². The summed E-state index contributed by atoms with van der Waals surface area (Å²) in [5.74, 6) is -1.25. The van der Waals surface area contributed by atoms with Crippen molar-refractivity contribution in [2.75, 3.05) is 0 Å². The van der Waals surface area contributed by atoms with E-state index in [1.807, 2.05) is 35.2 Å². The summed E-state index contributed by atoms with van der Waals surface area (Å²) >= 11 is 0. The Labute approximate surface area is 147 Å². The van der Waals surface area contributed by atoms with Crippen LogP contribution in [-0.4, -0.2) is 32.9 Å². The lowest BCUT2D eigenvalue weighted by molar-refractivity contribution is 0.0614. The monoisotopic (exact) mass is 338 g/mol. The Kier molecular flexibility index (Phi) is 5.43. The summed E-state index contributed by atoms with van der Waals surface area (Å²) in [5, 5.41) is 9.13. The van der Waals surface area contributed by atoms with E-state index < -0.39 is 5.97 Å². The van der Waals surface area contributed by atoms with Crippen molar-refractivity contribution in [2.45, 2.75) is 44.7 Å². The number of aromatic carboxylic acids is 1. The highest BCUT2D eigenvalue weighted by Gasteiger charge is 2.27. The van der Waals surface area contributed by atoms with E-state index in [0.717, 1.165) is 31.2 Å². The van der Waals surface area contributed by atoms with Gasteiger partial charge in [0.15, 0.2) is 0 Å². The van der Waals surface area contributed by atoms with Crippen LogP contribution in [0.4, 0.5) is 0 Å². The van der Waals surface area contributed by atoms with E-state index in [0.29, 0.717) is 12.1 Å². The van der Waals surface area contributed by atoms with Crippen molar-refractivity contribution >= 4 is 11.9 Å². The standard InChI is InChI=1S/C20H22N2O3/c23-19(16-11-12-21-18(13-16)20(24)25)22(17-9-5-2-6-10-17)14-15-7-3-1-4-8-15/h1,3-4,7-8,11-13,17H,2,5-6,9-10,14H2,(H,24,25). The van der Waals surface area contributed by atoms with Crippen molar-refractivity contribution in [3.05, 3.63) is 65.5 Å². The van der Waals surface area contributed by atoms with Crippen LogP contribution in [0, 0.1) is 0 Å². The number of carbonyl (C=O) groups excluding carboxylic acids is 1. The highest BCUT2D eigenvalue weighted by Crippen LogP contribution is 2.25. The highest BCUT2D eigenvalue weighted by molar-refractivity contribution is 5.96. The average Bonchev–Trinajstić information content (AvgIpc) is 2.67. The van der Waals surface area contributed by atoms with Crippen LogP contribution in [0.3, 0.4) is 0 Å². The van der Waals surface area contributed by atoms with Crippen molar-refractivity contribution in [1.29, 1.82) is 0 Å². The van der Waals surface area contributed by atoms with E-state index in [1.165, 1.54) is 18.7 Å². The van der Waals surface area contributed by atoms with Gasteiger partial charge in [-0.25, -0.2) is 9.78 Å². The predicted molar refractivity (Wildman–Crippen MR) is 94.4 cm³/mol. The Balaban J connectivity index is 1.88. The second-order valence-corrected chi connectivity index (χ2v) is 6.45. The smallest absolute Gasteiger partial charge is 0.354 e. The number of carboxylic acids is 1. The zero-order valence-corrected chi connectivity index (χ0v) is 14.1. The van der Waals surface area contributed by atoms with Crippen LogP contribution in [0.25, 0.3) is 0 Å². The summed E-state index contributed by atoms with van der Waals surface area (Å²) in [4.78, 5) is 30.0. The number of benzene rings is 1. The highest BCUT2D eigenvalue weighted by atomic mass is 16.4. The molecule has 0 atom stereocenters. The minimum atomic E-state index is -1.12. The summed E-state index contributed by atoms with van der Waals surface area (Å²) in [7, 11) is 0. The van der Waals surface area contributed by atoms with Crippen LogP contribution >= 0.6 is 0 Å². The molecule has 130 valence electrons. The van der Waals surface area contributed by atoms with E-state index in [4.69, 9.17) is 5.11 Å². The third-order valence-corrected chi connectivity index (χ3v) is 4.70. The molecule has 0 saturated heterocycles. The molecule has 1 aromatic heterocycles. The fourth-order valence-electron chi connectivity index (χ4n) is 3.39. The molecule has 1 aliphatic carbocycles. The minimum absolute atomic E-state index is 0.103. The average molecular weight is 338 g/mol. The van der Waals surface area contributed by atoms with E-state index in [-0.39, 0.29) is 17.6 Å². The number of aromatic nitrogens is 1. The topological polar surface area (TPSA) is 70.5 Å². The normalized spacial score (nSPS) is 14.9. The Bertz CT molecular complexity index is 740. The molecule has 1 heterocycles. The summed E-state index contributed by atoms with van der Waals surface area (Å²) < 4.78 is 0. The van der Waals surface area contributed by atoms with Gasteiger partial charge in [-0.1, -0.05) is 49.6 Å². The maximum absolute atomic E-state index is 13.1. The fourth-order valence-corrected chi connectivity index (χ4v) is 3.39. The summed E-state index contributed by atoms with van der Waals surface area (Å²) in [5.41, 5.74) is 1.36. The molecule has 1 aromatic carbocycles. The van der Waals surface area contributed by atoms with Gasteiger partial charge in [-0.05, 0) is 30.5 Å². The molecule has 25 heavy (non-hydrogen) atoms. The summed E-state index contributed by atoms with van der Waals surface area (Å²) in [6.07, 6.45) is 6.84.